The first-order valence-electron chi connectivity index (χ1n) is 25.6. The standard InChI is InChI=1S/C70H48N4Si/c1-5-22-49(23-6-1)51-26-20-34-58(45-51)75(56-30-9-3-10-31-56,57-32-11-4-12-33-57)59-35-21-28-54(46-59)65-48-64(53-27-19-29-55(44-53)73-66-39-16-13-36-60(66)61-37-14-17-40-67(61)73)71-70(72-65)74-68-41-18-15-38-62(68)63-47-52(42-43-69(63)74)50-24-7-2-8-25-50/h1-48H. The van der Waals surface area contributed by atoms with Crippen molar-refractivity contribution in [2.75, 3.05) is 0 Å². The lowest BCUT2D eigenvalue weighted by atomic mass is 10.0. The van der Waals surface area contributed by atoms with E-state index in [4.69, 9.17) is 9.97 Å². The highest BCUT2D eigenvalue weighted by Gasteiger charge is 2.42. The van der Waals surface area contributed by atoms with Crippen LogP contribution in [0.1, 0.15) is 0 Å². The number of nitrogens with zero attached hydrogens (tertiary/aromatic N) is 4. The van der Waals surface area contributed by atoms with E-state index in [1.807, 2.05) is 0 Å². The average molecular weight is 973 g/mol. The molecule has 5 heteroatoms. The molecule has 0 bridgehead atoms. The van der Waals surface area contributed by atoms with E-state index in [2.05, 4.69) is 300 Å². The Labute approximate surface area is 436 Å². The maximum Gasteiger partial charge on any atom is 0.235 e. The van der Waals surface area contributed by atoms with Crippen LogP contribution in [0.4, 0.5) is 0 Å². The van der Waals surface area contributed by atoms with E-state index in [0.29, 0.717) is 5.95 Å². The summed E-state index contributed by atoms with van der Waals surface area (Å²) < 4.78 is 4.64. The van der Waals surface area contributed by atoms with Gasteiger partial charge in [-0.1, -0.05) is 243 Å². The molecule has 0 fully saturated rings. The van der Waals surface area contributed by atoms with Gasteiger partial charge in [0.15, 0.2) is 8.07 Å². The quantitative estimate of drug-likeness (QED) is 0.101. The fraction of sp³-hybridized carbons (Fsp3) is 0. The van der Waals surface area contributed by atoms with Crippen LogP contribution in [0.5, 0.6) is 0 Å². The van der Waals surface area contributed by atoms with E-state index < -0.39 is 8.07 Å². The van der Waals surface area contributed by atoms with Gasteiger partial charge in [0.25, 0.3) is 0 Å². The van der Waals surface area contributed by atoms with Crippen molar-refractivity contribution >= 4 is 72.4 Å². The number of fused-ring (bicyclic) bond motifs is 6. The summed E-state index contributed by atoms with van der Waals surface area (Å²) in [5.74, 6) is 0.610. The second-order valence-electron chi connectivity index (χ2n) is 19.3. The highest BCUT2D eigenvalue weighted by atomic mass is 28.3. The molecule has 0 aliphatic rings. The van der Waals surface area contributed by atoms with Gasteiger partial charge >= 0.3 is 0 Å². The highest BCUT2D eigenvalue weighted by Crippen LogP contribution is 2.37. The van der Waals surface area contributed by atoms with Crippen molar-refractivity contribution in [3.63, 3.8) is 0 Å². The van der Waals surface area contributed by atoms with Crippen LogP contribution in [0.3, 0.4) is 0 Å². The first-order valence-corrected chi connectivity index (χ1v) is 27.6. The van der Waals surface area contributed by atoms with Crippen LogP contribution in [0.25, 0.3) is 100 Å². The van der Waals surface area contributed by atoms with Crippen molar-refractivity contribution < 1.29 is 0 Å². The van der Waals surface area contributed by atoms with Crippen LogP contribution >= 0.6 is 0 Å². The predicted molar refractivity (Wildman–Crippen MR) is 316 cm³/mol. The number of benzene rings is 11. The van der Waals surface area contributed by atoms with Gasteiger partial charge in [0.1, 0.15) is 0 Å². The van der Waals surface area contributed by atoms with Gasteiger partial charge in [0, 0.05) is 38.4 Å². The SMILES string of the molecule is c1ccc(-c2cccc([Si](c3ccccc3)(c3ccccc3)c3cccc(-c4cc(-c5cccc(-n6c7ccccc7c7ccccc76)c5)nc(-n5c6ccccc6c6cc(-c7ccccc7)ccc65)n4)c3)c2)cc1. The molecule has 352 valence electrons. The lowest BCUT2D eigenvalue weighted by Crippen LogP contribution is -2.74. The largest absolute Gasteiger partial charge is 0.309 e. The predicted octanol–water partition coefficient (Wildman–Crippen LogP) is 14.7. The molecule has 14 rings (SSSR count). The van der Waals surface area contributed by atoms with Crippen molar-refractivity contribution in [1.82, 2.24) is 19.1 Å². The van der Waals surface area contributed by atoms with E-state index in [1.165, 1.54) is 53.8 Å². The van der Waals surface area contributed by atoms with Gasteiger partial charge in [-0.2, -0.15) is 0 Å². The van der Waals surface area contributed by atoms with Crippen LogP contribution in [0.2, 0.25) is 0 Å². The Morgan fingerprint density at radius 1 is 0.240 bits per heavy atom. The van der Waals surface area contributed by atoms with E-state index >= 15 is 0 Å². The monoisotopic (exact) mass is 972 g/mol. The molecule has 0 saturated carbocycles. The first-order chi connectivity index (χ1) is 37.2. The summed E-state index contributed by atoms with van der Waals surface area (Å²) in [6, 6.07) is 106. The molecule has 75 heavy (non-hydrogen) atoms. The van der Waals surface area contributed by atoms with Crippen molar-refractivity contribution in [2.24, 2.45) is 0 Å². The molecule has 0 saturated heterocycles. The van der Waals surface area contributed by atoms with Crippen molar-refractivity contribution in [2.45, 2.75) is 0 Å². The third-order valence-electron chi connectivity index (χ3n) is 15.1. The second kappa shape index (κ2) is 18.4. The van der Waals surface area contributed by atoms with Crippen molar-refractivity contribution in [3.05, 3.63) is 291 Å². The van der Waals surface area contributed by atoms with Gasteiger partial charge in [-0.3, -0.25) is 4.57 Å². The molecule has 0 unspecified atom stereocenters. The lowest BCUT2D eigenvalue weighted by molar-refractivity contribution is 0.995. The molecule has 14 aromatic rings. The van der Waals surface area contributed by atoms with Gasteiger partial charge in [-0.05, 0) is 91.5 Å². The molecule has 0 aliphatic heterocycles. The van der Waals surface area contributed by atoms with E-state index in [-0.39, 0.29) is 0 Å². The number of para-hydroxylation sites is 3. The zero-order chi connectivity index (χ0) is 49.7. The molecule has 0 amide bonds. The molecule has 3 aromatic heterocycles. The van der Waals surface area contributed by atoms with Crippen LogP contribution in [0.15, 0.2) is 291 Å². The van der Waals surface area contributed by atoms with Crippen LogP contribution < -0.4 is 20.7 Å². The molecule has 4 nitrogen and oxygen atoms in total. The Kier molecular flexibility index (Phi) is 10.8. The fourth-order valence-corrected chi connectivity index (χ4v) is 16.5. The topological polar surface area (TPSA) is 35.6 Å². The average Bonchev–Trinajstić information content (AvgIpc) is 4.05. The molecular weight excluding hydrogens is 925 g/mol. The van der Waals surface area contributed by atoms with Crippen molar-refractivity contribution in [3.8, 4) is 56.4 Å². The molecule has 0 spiro atoms. The Bertz CT molecular complexity index is 4320. The summed E-state index contributed by atoms with van der Waals surface area (Å²) in [5, 5.41) is 9.95. The minimum absolute atomic E-state index is 0.610. The van der Waals surface area contributed by atoms with Gasteiger partial charge in [0.05, 0.1) is 33.5 Å². The van der Waals surface area contributed by atoms with E-state index in [9.17, 15) is 0 Å². The highest BCUT2D eigenvalue weighted by molar-refractivity contribution is 7.20. The molecule has 3 heterocycles. The maximum absolute atomic E-state index is 5.66. The van der Waals surface area contributed by atoms with E-state index in [0.717, 1.165) is 61.0 Å². The zero-order valence-corrected chi connectivity index (χ0v) is 42.0. The molecule has 0 N–H and O–H groups in total. The summed E-state index contributed by atoms with van der Waals surface area (Å²) >= 11 is 0. The summed E-state index contributed by atoms with van der Waals surface area (Å²) in [4.78, 5) is 11.3. The number of hydrogen-bond acceptors (Lipinski definition) is 2. The molecule has 11 aromatic carbocycles. The minimum atomic E-state index is -3.01. The van der Waals surface area contributed by atoms with E-state index in [1.54, 1.807) is 0 Å². The summed E-state index contributed by atoms with van der Waals surface area (Å²) in [7, 11) is -3.01. The first kappa shape index (κ1) is 44.1. The fourth-order valence-electron chi connectivity index (χ4n) is 11.7. The second-order valence-corrected chi connectivity index (χ2v) is 23.1. The number of aromatic nitrogens is 4. The zero-order valence-electron chi connectivity index (χ0n) is 41.0. The minimum Gasteiger partial charge on any atom is -0.309 e. The number of hydrogen-bond donors (Lipinski definition) is 0. The normalized spacial score (nSPS) is 11.7. The summed E-state index contributed by atoms with van der Waals surface area (Å²) in [6.07, 6.45) is 0. The number of rotatable bonds is 10. The van der Waals surface area contributed by atoms with Crippen LogP contribution in [-0.4, -0.2) is 27.2 Å². The Balaban J connectivity index is 1.02. The third kappa shape index (κ3) is 7.51. The Morgan fingerprint density at radius 2 is 0.627 bits per heavy atom. The molecule has 0 aliphatic carbocycles. The van der Waals surface area contributed by atoms with Crippen LogP contribution in [0, 0.1) is 0 Å². The third-order valence-corrected chi connectivity index (χ3v) is 19.8. The lowest BCUT2D eigenvalue weighted by Gasteiger charge is -2.35. The van der Waals surface area contributed by atoms with Gasteiger partial charge < -0.3 is 4.57 Å². The Morgan fingerprint density at radius 3 is 1.19 bits per heavy atom. The molecular formula is C70H48N4Si. The maximum atomic E-state index is 5.66. The van der Waals surface area contributed by atoms with Crippen molar-refractivity contribution in [1.29, 1.82) is 0 Å². The van der Waals surface area contributed by atoms with Gasteiger partial charge in [-0.15, -0.1) is 0 Å². The van der Waals surface area contributed by atoms with Crippen LogP contribution in [-0.2, 0) is 0 Å². The van der Waals surface area contributed by atoms with Gasteiger partial charge in [0.2, 0.25) is 5.95 Å². The van der Waals surface area contributed by atoms with Gasteiger partial charge in [-0.25, -0.2) is 9.97 Å². The molecule has 0 atom stereocenters. The summed E-state index contributed by atoms with van der Waals surface area (Å²) in [5.41, 5.74) is 13.9. The molecule has 0 radical (unpaired) electrons. The Hall–Kier alpha value is -9.68. The smallest absolute Gasteiger partial charge is 0.235 e. The summed E-state index contributed by atoms with van der Waals surface area (Å²) in [6.45, 7) is 0.